The van der Waals surface area contributed by atoms with Crippen LogP contribution in [0.15, 0.2) is 47.3 Å². The summed E-state index contributed by atoms with van der Waals surface area (Å²) < 4.78 is 40.6. The predicted molar refractivity (Wildman–Crippen MR) is 109 cm³/mol. The highest BCUT2D eigenvalue weighted by molar-refractivity contribution is 7.25. The Morgan fingerprint density at radius 2 is 1.89 bits per heavy atom. The van der Waals surface area contributed by atoms with E-state index in [0.29, 0.717) is 38.1 Å². The maximum absolute atomic E-state index is 13.2. The Hall–Kier alpha value is -2.67. The van der Waals surface area contributed by atoms with E-state index in [0.717, 1.165) is 25.0 Å². The number of nitrogens with one attached hydrogen (secondary N) is 1. The van der Waals surface area contributed by atoms with Gasteiger partial charge in [0, 0.05) is 22.0 Å². The molecule has 0 bridgehead atoms. The molecule has 3 nitrogen and oxygen atoms in total. The number of pyridine rings is 1. The van der Waals surface area contributed by atoms with E-state index >= 15 is 0 Å². The van der Waals surface area contributed by atoms with E-state index in [2.05, 4.69) is 17.2 Å². The second kappa shape index (κ2) is 7.05. The lowest BCUT2D eigenvalue weighted by Crippen LogP contribution is -2.09. The highest BCUT2D eigenvalue weighted by atomic mass is 32.1. The van der Waals surface area contributed by atoms with E-state index < -0.39 is 17.2 Å². The molecule has 2 heterocycles. The van der Waals surface area contributed by atoms with Crippen LogP contribution in [0.1, 0.15) is 25.3 Å². The fourth-order valence-corrected chi connectivity index (χ4v) is 4.38. The molecule has 0 aliphatic carbocycles. The van der Waals surface area contributed by atoms with Gasteiger partial charge in [-0.2, -0.15) is 13.2 Å². The van der Waals surface area contributed by atoms with Crippen LogP contribution in [0.2, 0.25) is 0 Å². The molecule has 2 aromatic carbocycles. The zero-order chi connectivity index (χ0) is 19.9. The molecule has 144 valence electrons. The zero-order valence-corrected chi connectivity index (χ0v) is 15.9. The molecule has 0 saturated carbocycles. The molecule has 0 amide bonds. The first-order valence-electron chi connectivity index (χ1n) is 9.00. The Morgan fingerprint density at radius 3 is 2.64 bits per heavy atom. The highest BCUT2D eigenvalue weighted by Crippen LogP contribution is 2.36. The van der Waals surface area contributed by atoms with Crippen LogP contribution in [-0.2, 0) is 6.18 Å². The van der Waals surface area contributed by atoms with Crippen molar-refractivity contribution in [1.29, 1.82) is 0 Å². The molecular formula is C21H17F3N2OS. The minimum Gasteiger partial charge on any atom is -0.369 e. The van der Waals surface area contributed by atoms with Crippen LogP contribution >= 0.6 is 11.3 Å². The number of rotatable bonds is 4. The van der Waals surface area contributed by atoms with Crippen molar-refractivity contribution < 1.29 is 13.2 Å². The molecule has 0 atom stereocenters. The molecule has 0 fully saturated rings. The lowest BCUT2D eigenvalue weighted by Gasteiger charge is -2.12. The third kappa shape index (κ3) is 3.20. The van der Waals surface area contributed by atoms with Gasteiger partial charge in [0.25, 0.3) is 0 Å². The Morgan fingerprint density at radius 1 is 1.11 bits per heavy atom. The van der Waals surface area contributed by atoms with E-state index in [1.165, 1.54) is 17.4 Å². The van der Waals surface area contributed by atoms with Crippen molar-refractivity contribution >= 4 is 48.2 Å². The number of aromatic nitrogens is 1. The first-order valence-corrected chi connectivity index (χ1v) is 9.82. The lowest BCUT2D eigenvalue weighted by molar-refractivity contribution is -0.137. The normalized spacial score (nSPS) is 12.1. The largest absolute Gasteiger partial charge is 0.416 e. The average molecular weight is 402 g/mol. The predicted octanol–water partition coefficient (Wildman–Crippen LogP) is 6.19. The minimum atomic E-state index is -4.49. The van der Waals surface area contributed by atoms with Crippen molar-refractivity contribution in [1.82, 2.24) is 4.98 Å². The van der Waals surface area contributed by atoms with Gasteiger partial charge in [-0.05, 0) is 30.7 Å². The molecule has 1 N–H and O–H groups in total. The Labute approximate surface area is 162 Å². The van der Waals surface area contributed by atoms with Crippen molar-refractivity contribution in [2.75, 3.05) is 11.9 Å². The number of fused-ring (bicyclic) bond motifs is 4. The SMILES string of the molecule is CCCCNc1nc2ccccc2c2c(=O)c3cc(C(F)(F)F)ccc3sc12. The van der Waals surface area contributed by atoms with Gasteiger partial charge in [0.1, 0.15) is 5.82 Å². The van der Waals surface area contributed by atoms with Gasteiger partial charge in [-0.25, -0.2) is 4.98 Å². The summed E-state index contributed by atoms with van der Waals surface area (Å²) in [6.45, 7) is 2.79. The second-order valence-electron chi connectivity index (χ2n) is 6.60. The van der Waals surface area contributed by atoms with Crippen molar-refractivity contribution in [3.05, 3.63) is 58.3 Å². The first kappa shape index (κ1) is 18.7. The fraction of sp³-hybridized carbons (Fsp3) is 0.238. The summed E-state index contributed by atoms with van der Waals surface area (Å²) in [4.78, 5) is 17.9. The molecule has 2 aromatic heterocycles. The Kier molecular flexibility index (Phi) is 4.71. The van der Waals surface area contributed by atoms with Crippen LogP contribution in [0, 0.1) is 0 Å². The number of halogens is 3. The summed E-state index contributed by atoms with van der Waals surface area (Å²) >= 11 is 1.29. The van der Waals surface area contributed by atoms with Crippen LogP contribution in [0.5, 0.6) is 0 Å². The lowest BCUT2D eigenvalue weighted by atomic mass is 10.1. The number of hydrogen-bond donors (Lipinski definition) is 1. The molecule has 0 aliphatic heterocycles. The van der Waals surface area contributed by atoms with E-state index in [-0.39, 0.29) is 5.39 Å². The van der Waals surface area contributed by atoms with Crippen LogP contribution < -0.4 is 10.7 Å². The molecule has 4 rings (SSSR count). The van der Waals surface area contributed by atoms with Crippen LogP contribution in [-0.4, -0.2) is 11.5 Å². The van der Waals surface area contributed by atoms with E-state index in [1.54, 1.807) is 18.2 Å². The van der Waals surface area contributed by atoms with E-state index in [1.807, 2.05) is 6.07 Å². The minimum absolute atomic E-state index is 0.0863. The summed E-state index contributed by atoms with van der Waals surface area (Å²) in [6.07, 6.45) is -2.53. The van der Waals surface area contributed by atoms with Crippen molar-refractivity contribution in [2.24, 2.45) is 0 Å². The molecule has 0 aliphatic rings. The number of hydrogen-bond acceptors (Lipinski definition) is 4. The van der Waals surface area contributed by atoms with Gasteiger partial charge in [-0.15, -0.1) is 11.3 Å². The second-order valence-corrected chi connectivity index (χ2v) is 7.65. The third-order valence-corrected chi connectivity index (χ3v) is 5.84. The quantitative estimate of drug-likeness (QED) is 0.251. The summed E-state index contributed by atoms with van der Waals surface area (Å²) in [5.74, 6) is 0.603. The fourth-order valence-electron chi connectivity index (χ4n) is 3.24. The van der Waals surface area contributed by atoms with Crippen molar-refractivity contribution in [3.8, 4) is 0 Å². The number of unbranched alkanes of at least 4 members (excludes halogenated alkanes) is 1. The number of para-hydroxylation sites is 1. The maximum Gasteiger partial charge on any atom is 0.416 e. The van der Waals surface area contributed by atoms with Gasteiger partial charge < -0.3 is 5.32 Å². The Bertz CT molecular complexity index is 1250. The van der Waals surface area contributed by atoms with E-state index in [9.17, 15) is 18.0 Å². The smallest absolute Gasteiger partial charge is 0.369 e. The summed E-state index contributed by atoms with van der Waals surface area (Å²) in [5, 5.41) is 4.44. The molecule has 0 spiro atoms. The zero-order valence-electron chi connectivity index (χ0n) is 15.1. The monoisotopic (exact) mass is 402 g/mol. The summed E-state index contributed by atoms with van der Waals surface area (Å²) in [7, 11) is 0. The number of alkyl halides is 3. The molecule has 4 aromatic rings. The molecule has 0 radical (unpaired) electrons. The Balaban J connectivity index is 2.08. The van der Waals surface area contributed by atoms with E-state index in [4.69, 9.17) is 0 Å². The van der Waals surface area contributed by atoms with Gasteiger partial charge in [-0.3, -0.25) is 4.79 Å². The number of anilines is 1. The highest BCUT2D eigenvalue weighted by Gasteiger charge is 2.31. The van der Waals surface area contributed by atoms with Crippen molar-refractivity contribution in [3.63, 3.8) is 0 Å². The van der Waals surface area contributed by atoms with Gasteiger partial charge in [0.15, 0.2) is 5.43 Å². The van der Waals surface area contributed by atoms with Crippen molar-refractivity contribution in [2.45, 2.75) is 25.9 Å². The third-order valence-electron chi connectivity index (χ3n) is 4.66. The first-order chi connectivity index (χ1) is 13.4. The topological polar surface area (TPSA) is 42.0 Å². The molecule has 0 unspecified atom stereocenters. The number of nitrogens with zero attached hydrogens (tertiary/aromatic N) is 1. The standard InChI is InChI=1S/C21H17F3N2OS/c1-2-3-10-25-20-19-17(13-6-4-5-7-15(13)26-20)18(27)14-11-12(21(22,23)24)8-9-16(14)28-19/h4-9,11H,2-3,10H2,1H3,(H,25,26). The molecule has 0 saturated heterocycles. The van der Waals surface area contributed by atoms with Crippen LogP contribution in [0.3, 0.4) is 0 Å². The number of benzene rings is 2. The molecule has 7 heteroatoms. The summed E-state index contributed by atoms with van der Waals surface area (Å²) in [6, 6.07) is 10.6. The van der Waals surface area contributed by atoms with Crippen LogP contribution in [0.25, 0.3) is 31.1 Å². The summed E-state index contributed by atoms with van der Waals surface area (Å²) in [5.41, 5.74) is -0.570. The molecule has 28 heavy (non-hydrogen) atoms. The van der Waals surface area contributed by atoms with Gasteiger partial charge in [0.05, 0.1) is 21.2 Å². The van der Waals surface area contributed by atoms with Gasteiger partial charge in [-0.1, -0.05) is 31.5 Å². The van der Waals surface area contributed by atoms with Crippen LogP contribution in [0.4, 0.5) is 19.0 Å². The average Bonchev–Trinajstić information content (AvgIpc) is 2.67. The van der Waals surface area contributed by atoms with Gasteiger partial charge in [0.2, 0.25) is 0 Å². The molecular weight excluding hydrogens is 385 g/mol. The maximum atomic E-state index is 13.2. The van der Waals surface area contributed by atoms with Gasteiger partial charge >= 0.3 is 6.18 Å².